The Morgan fingerprint density at radius 2 is 1.38 bits per heavy atom. The summed E-state index contributed by atoms with van der Waals surface area (Å²) in [6.45, 7) is 6.60. The lowest BCUT2D eigenvalue weighted by molar-refractivity contribution is -0.142. The van der Waals surface area contributed by atoms with E-state index in [0.717, 1.165) is 32.5 Å². The van der Waals surface area contributed by atoms with Crippen LogP contribution in [0.25, 0.3) is 10.9 Å². The average molecular weight is 1150 g/mol. The number of carbonyl (C=O) groups is 11. The fourth-order valence-electron chi connectivity index (χ4n) is 8.44. The van der Waals surface area contributed by atoms with Gasteiger partial charge in [0.1, 0.15) is 48.0 Å². The van der Waals surface area contributed by atoms with E-state index in [1.165, 1.54) is 35.2 Å². The predicted molar refractivity (Wildman–Crippen MR) is 299 cm³/mol. The van der Waals surface area contributed by atoms with Crippen LogP contribution in [0.2, 0.25) is 0 Å². The number of likely N-dealkylation sites (tertiary alicyclic amines) is 1. The van der Waals surface area contributed by atoms with Gasteiger partial charge in [0.15, 0.2) is 0 Å². The number of amides is 11. The third-order valence-corrected chi connectivity index (χ3v) is 15.4. The van der Waals surface area contributed by atoms with Gasteiger partial charge >= 0.3 is 0 Å². The molecule has 2 fully saturated rings. The molecule has 0 radical (unpaired) electrons. The Labute approximate surface area is 469 Å². The van der Waals surface area contributed by atoms with Crippen LogP contribution in [0, 0.1) is 11.8 Å². The number of nitrogens with zero attached hydrogens (tertiary/aromatic N) is 1. The zero-order chi connectivity index (χ0) is 59.2. The smallest absolute Gasteiger partial charge is 0.248 e. The maximum Gasteiger partial charge on any atom is 0.248 e. The standard InChI is InChI=1S/C43H66N12O12S2.C9H7NO/c1-5-22(4)35-42(66)49-26(12-13-32(45)57)38(62)51-29(17-33(46)58)39(63)53-30(20-69-68-19-25(44)36(60)50-28(40(64)54-35)16-23-8-10-24(56)11-9-23)43(67)55-14-6-7-31(55)41(65)52-27(15-21(2)3)37(61)48-18-34(47)59;11-9-6-5-7-3-1-2-4-8(7)10-9/h8-11,21-22,25-31,35,56H,5-7,12-20,44H2,1-4H3,(H2,45,57)(H2,46,58)(H2,47,59)(H,48,61)(H,49,66)(H,50,60)(H,51,62)(H,52,65)(H,53,63)(H,54,64);1-6H,(H,10,11)/t22-,25-,26-,27-,28-,29-,30-,31-,35-;/m0./s1. The third kappa shape index (κ3) is 20.8. The van der Waals surface area contributed by atoms with Crippen LogP contribution in [0.4, 0.5) is 0 Å². The maximum atomic E-state index is 14.5. The van der Waals surface area contributed by atoms with Gasteiger partial charge in [-0.15, -0.1) is 0 Å². The molecule has 0 bridgehead atoms. The van der Waals surface area contributed by atoms with Crippen molar-refractivity contribution in [3.05, 3.63) is 76.6 Å². The monoisotopic (exact) mass is 1150 g/mol. The van der Waals surface area contributed by atoms with E-state index in [-0.39, 0.29) is 54.5 Å². The SMILES string of the molecule is CC[C@H](C)[C@@H]1NC(=O)[C@H](Cc2ccc(O)cc2)NC(=O)[C@@H](N)CSSC[C@@H](C(=O)N2CCC[C@H]2C(=O)N[C@@H](CC(C)C)C(=O)NCC(N)=O)NC(=O)[C@H](CC(N)=O)NC(=O)[C@H](CCC(N)=O)NC1=O.O=c1ccc2ccccc2[nH]1. The number of nitrogens with two attached hydrogens (primary N) is 4. The Kier molecular flexibility index (Phi) is 25.7. The normalized spacial score (nSPS) is 22.4. The van der Waals surface area contributed by atoms with Crippen molar-refractivity contribution in [1.29, 1.82) is 0 Å². The minimum absolute atomic E-state index is 0.0468. The highest BCUT2D eigenvalue weighted by Crippen LogP contribution is 2.26. The number of pyridine rings is 1. The van der Waals surface area contributed by atoms with E-state index in [1.54, 1.807) is 13.8 Å². The zero-order valence-corrected chi connectivity index (χ0v) is 46.6. The van der Waals surface area contributed by atoms with Crippen molar-refractivity contribution in [2.24, 2.45) is 34.8 Å². The quantitative estimate of drug-likeness (QED) is 0.0645. The fraction of sp³-hybridized carbons (Fsp3) is 0.500. The van der Waals surface area contributed by atoms with Gasteiger partial charge in [0, 0.05) is 42.5 Å². The van der Waals surface area contributed by atoms with Crippen molar-refractivity contribution < 1.29 is 57.8 Å². The zero-order valence-electron chi connectivity index (χ0n) is 45.0. The Bertz CT molecular complexity index is 2770. The second-order valence-electron chi connectivity index (χ2n) is 19.8. The maximum absolute atomic E-state index is 14.5. The minimum Gasteiger partial charge on any atom is -0.508 e. The largest absolute Gasteiger partial charge is 0.508 e. The first-order chi connectivity index (χ1) is 37.9. The van der Waals surface area contributed by atoms with Gasteiger partial charge in [-0.25, -0.2) is 0 Å². The molecule has 5 rings (SSSR count). The molecule has 1 aromatic heterocycles. The van der Waals surface area contributed by atoms with Gasteiger partial charge in [0.25, 0.3) is 0 Å². The molecular weight excluding hydrogens is 1080 g/mol. The number of rotatable bonds is 17. The van der Waals surface area contributed by atoms with E-state index in [2.05, 4.69) is 42.2 Å². The summed E-state index contributed by atoms with van der Waals surface area (Å²) in [4.78, 5) is 162. The summed E-state index contributed by atoms with van der Waals surface area (Å²) in [5, 5.41) is 28.8. The first-order valence-electron chi connectivity index (χ1n) is 26.0. The lowest BCUT2D eigenvalue weighted by Gasteiger charge is -2.31. The molecule has 0 spiro atoms. The van der Waals surface area contributed by atoms with Crippen molar-refractivity contribution in [2.45, 2.75) is 127 Å². The topological polar surface area (TPSA) is 432 Å². The highest BCUT2D eigenvalue weighted by Gasteiger charge is 2.41. The minimum atomic E-state index is -1.75. The number of phenols is 1. The second kappa shape index (κ2) is 31.8. The molecule has 436 valence electrons. The van der Waals surface area contributed by atoms with Crippen LogP contribution in [-0.4, -0.2) is 153 Å². The summed E-state index contributed by atoms with van der Waals surface area (Å²) >= 11 is 0. The first-order valence-corrected chi connectivity index (χ1v) is 28.5. The van der Waals surface area contributed by atoms with Crippen LogP contribution in [0.5, 0.6) is 5.75 Å². The van der Waals surface area contributed by atoms with E-state index in [0.29, 0.717) is 18.4 Å². The number of hydrogen-bond donors (Lipinski definition) is 13. The molecule has 2 aliphatic heterocycles. The number of carbonyl (C=O) groups excluding carboxylic acids is 11. The molecule has 3 heterocycles. The van der Waals surface area contributed by atoms with Gasteiger partial charge < -0.3 is 75.1 Å². The van der Waals surface area contributed by atoms with Gasteiger partial charge in [-0.2, -0.15) is 0 Å². The van der Waals surface area contributed by atoms with Gasteiger partial charge in [-0.05, 0) is 72.7 Å². The number of H-pyrrole nitrogens is 1. The Balaban J connectivity index is 0.00000110. The van der Waals surface area contributed by atoms with Crippen LogP contribution in [0.15, 0.2) is 65.5 Å². The number of primary amides is 3. The van der Waals surface area contributed by atoms with E-state index >= 15 is 0 Å². The summed E-state index contributed by atoms with van der Waals surface area (Å²) in [6, 6.07) is 5.99. The molecule has 3 aromatic rings. The van der Waals surface area contributed by atoms with Crippen molar-refractivity contribution in [1.82, 2.24) is 47.1 Å². The second-order valence-corrected chi connectivity index (χ2v) is 22.4. The molecule has 0 unspecified atom stereocenters. The Hall–Kier alpha value is -7.72. The Morgan fingerprint density at radius 1 is 0.738 bits per heavy atom. The van der Waals surface area contributed by atoms with E-state index in [1.807, 2.05) is 44.2 Å². The van der Waals surface area contributed by atoms with Gasteiger partial charge in [-0.1, -0.05) is 86.0 Å². The van der Waals surface area contributed by atoms with Crippen LogP contribution in [0.3, 0.4) is 0 Å². The number of hydrogen-bond acceptors (Lipinski definition) is 16. The first kappa shape index (κ1) is 64.8. The highest BCUT2D eigenvalue weighted by molar-refractivity contribution is 8.76. The lowest BCUT2D eigenvalue weighted by Crippen LogP contribution is -2.61. The molecule has 2 aliphatic rings. The highest BCUT2D eigenvalue weighted by atomic mass is 33.1. The number of aromatic hydroxyl groups is 1. The number of nitrogens with one attached hydrogen (secondary N) is 8. The molecule has 17 N–H and O–H groups in total. The number of benzene rings is 2. The van der Waals surface area contributed by atoms with Crippen molar-refractivity contribution in [3.8, 4) is 5.75 Å². The third-order valence-electron chi connectivity index (χ3n) is 12.9. The number of phenolic OH excluding ortho intramolecular Hbond substituents is 1. The molecule has 0 aliphatic carbocycles. The molecule has 2 saturated heterocycles. The number of aromatic amines is 1. The van der Waals surface area contributed by atoms with E-state index in [4.69, 9.17) is 22.9 Å². The molecular formula is C52H73N13O13S2. The average Bonchev–Trinajstić information content (AvgIpc) is 3.95. The molecule has 28 heteroatoms. The van der Waals surface area contributed by atoms with Crippen molar-refractivity contribution in [2.75, 3.05) is 24.6 Å². The van der Waals surface area contributed by atoms with Gasteiger partial charge in [-0.3, -0.25) is 57.5 Å². The van der Waals surface area contributed by atoms with Gasteiger partial charge in [0.05, 0.1) is 19.0 Å². The van der Waals surface area contributed by atoms with E-state index < -0.39 is 145 Å². The summed E-state index contributed by atoms with van der Waals surface area (Å²) in [7, 11) is 2.05. The molecule has 11 amide bonds. The molecule has 2 aromatic carbocycles. The summed E-state index contributed by atoms with van der Waals surface area (Å²) in [6.07, 6.45) is -0.694. The summed E-state index contributed by atoms with van der Waals surface area (Å²) in [5.41, 5.74) is 23.8. The number of aromatic nitrogens is 1. The summed E-state index contributed by atoms with van der Waals surface area (Å²) in [5.74, 6) is -10.4. The lowest BCUT2D eigenvalue weighted by atomic mass is 9.96. The van der Waals surface area contributed by atoms with Gasteiger partial charge in [0.2, 0.25) is 70.5 Å². The van der Waals surface area contributed by atoms with Crippen LogP contribution in [-0.2, 0) is 59.2 Å². The number of para-hydroxylation sites is 1. The van der Waals surface area contributed by atoms with E-state index in [9.17, 15) is 62.6 Å². The van der Waals surface area contributed by atoms with Crippen LogP contribution in [0.1, 0.15) is 78.2 Å². The van der Waals surface area contributed by atoms with Crippen molar-refractivity contribution >= 4 is 97.5 Å². The number of fused-ring (bicyclic) bond motifs is 1. The predicted octanol–water partition coefficient (Wildman–Crippen LogP) is -2.08. The van der Waals surface area contributed by atoms with Crippen LogP contribution < -0.4 is 65.7 Å². The summed E-state index contributed by atoms with van der Waals surface area (Å²) < 4.78 is 0. The molecule has 9 atom stereocenters. The molecule has 26 nitrogen and oxygen atoms in total. The van der Waals surface area contributed by atoms with Crippen LogP contribution >= 0.6 is 21.6 Å². The fourth-order valence-corrected chi connectivity index (χ4v) is 10.7. The Morgan fingerprint density at radius 3 is 2.02 bits per heavy atom. The molecule has 0 saturated carbocycles. The van der Waals surface area contributed by atoms with Crippen molar-refractivity contribution in [3.63, 3.8) is 0 Å². The molecule has 80 heavy (non-hydrogen) atoms.